The number of rotatable bonds is 7. The zero-order valence-corrected chi connectivity index (χ0v) is 15.4. The van der Waals surface area contributed by atoms with E-state index in [9.17, 15) is 13.5 Å². The number of hydrogen-bond acceptors (Lipinski definition) is 7. The first-order chi connectivity index (χ1) is 11.9. The summed E-state index contributed by atoms with van der Waals surface area (Å²) >= 11 is 0. The third kappa shape index (κ3) is 4.28. The molecule has 0 aromatic carbocycles. The van der Waals surface area contributed by atoms with Gasteiger partial charge in [-0.05, 0) is 32.5 Å². The van der Waals surface area contributed by atoms with Crippen LogP contribution in [0.1, 0.15) is 18.0 Å². The highest BCUT2D eigenvalue weighted by Crippen LogP contribution is 2.20. The number of aliphatic hydroxyl groups is 1. The van der Waals surface area contributed by atoms with E-state index in [4.69, 9.17) is 4.42 Å². The van der Waals surface area contributed by atoms with Crippen LogP contribution >= 0.6 is 0 Å². The SMILES string of the molecule is Cc1ccc(-c2nc(CCN(C)[C@@H]3CCS(=O)(=O)C3)n(CCO)n2)o1. The van der Waals surface area contributed by atoms with Crippen molar-refractivity contribution in [3.05, 3.63) is 23.7 Å². The van der Waals surface area contributed by atoms with Gasteiger partial charge in [0, 0.05) is 19.0 Å². The lowest BCUT2D eigenvalue weighted by Gasteiger charge is -2.22. The molecule has 25 heavy (non-hydrogen) atoms. The molecule has 1 N–H and O–H groups in total. The fourth-order valence-electron chi connectivity index (χ4n) is 3.07. The van der Waals surface area contributed by atoms with Crippen molar-refractivity contribution in [1.82, 2.24) is 19.7 Å². The number of furan rings is 1. The zero-order chi connectivity index (χ0) is 18.0. The van der Waals surface area contributed by atoms with Crippen LogP contribution in [0.3, 0.4) is 0 Å². The van der Waals surface area contributed by atoms with Gasteiger partial charge in [-0.15, -0.1) is 5.10 Å². The molecule has 0 unspecified atom stereocenters. The minimum Gasteiger partial charge on any atom is -0.458 e. The second kappa shape index (κ2) is 7.27. The number of aromatic nitrogens is 3. The molecule has 1 fully saturated rings. The van der Waals surface area contributed by atoms with Crippen LogP contribution in [0.25, 0.3) is 11.6 Å². The summed E-state index contributed by atoms with van der Waals surface area (Å²) in [5.41, 5.74) is 0. The zero-order valence-electron chi connectivity index (χ0n) is 14.6. The molecule has 3 rings (SSSR count). The normalized spacial score (nSPS) is 19.8. The molecule has 0 radical (unpaired) electrons. The van der Waals surface area contributed by atoms with Gasteiger partial charge in [0.2, 0.25) is 5.82 Å². The molecule has 9 heteroatoms. The molecule has 0 spiro atoms. The van der Waals surface area contributed by atoms with E-state index in [2.05, 4.69) is 15.0 Å². The lowest BCUT2D eigenvalue weighted by molar-refractivity contribution is 0.253. The Balaban J connectivity index is 1.69. The van der Waals surface area contributed by atoms with Gasteiger partial charge in [0.05, 0.1) is 24.7 Å². The molecule has 1 atom stereocenters. The Morgan fingerprint density at radius 3 is 2.84 bits per heavy atom. The minimum atomic E-state index is -2.89. The molecule has 2 aromatic heterocycles. The maximum absolute atomic E-state index is 11.6. The summed E-state index contributed by atoms with van der Waals surface area (Å²) in [6.07, 6.45) is 1.30. The third-order valence-corrected chi connectivity index (χ3v) is 6.29. The summed E-state index contributed by atoms with van der Waals surface area (Å²) in [5.74, 6) is 3.14. The van der Waals surface area contributed by atoms with Gasteiger partial charge in [-0.3, -0.25) is 0 Å². The molecule has 0 amide bonds. The van der Waals surface area contributed by atoms with E-state index in [-0.39, 0.29) is 24.2 Å². The molecule has 1 saturated heterocycles. The fourth-order valence-corrected chi connectivity index (χ4v) is 4.88. The van der Waals surface area contributed by atoms with Crippen molar-refractivity contribution in [3.8, 4) is 11.6 Å². The first kappa shape index (κ1) is 18.1. The highest BCUT2D eigenvalue weighted by molar-refractivity contribution is 7.91. The van der Waals surface area contributed by atoms with E-state index in [1.165, 1.54) is 0 Å². The lowest BCUT2D eigenvalue weighted by atomic mass is 10.2. The summed E-state index contributed by atoms with van der Waals surface area (Å²) in [7, 11) is -0.951. The van der Waals surface area contributed by atoms with E-state index < -0.39 is 9.84 Å². The molecule has 3 heterocycles. The fraction of sp³-hybridized carbons (Fsp3) is 0.625. The van der Waals surface area contributed by atoms with Crippen molar-refractivity contribution >= 4 is 9.84 Å². The Hall–Kier alpha value is -1.71. The number of aryl methyl sites for hydroxylation is 1. The number of aliphatic hydroxyl groups excluding tert-OH is 1. The molecule has 8 nitrogen and oxygen atoms in total. The number of likely N-dealkylation sites (N-methyl/N-ethyl adjacent to an activating group) is 1. The number of nitrogens with zero attached hydrogens (tertiary/aromatic N) is 4. The largest absolute Gasteiger partial charge is 0.458 e. The van der Waals surface area contributed by atoms with Gasteiger partial charge >= 0.3 is 0 Å². The van der Waals surface area contributed by atoms with Gasteiger partial charge in [-0.25, -0.2) is 18.1 Å². The Bertz CT molecular complexity index is 827. The molecule has 0 aliphatic carbocycles. The third-order valence-electron chi connectivity index (χ3n) is 4.54. The summed E-state index contributed by atoms with van der Waals surface area (Å²) in [5, 5.41) is 13.7. The summed E-state index contributed by atoms with van der Waals surface area (Å²) in [6.45, 7) is 2.88. The van der Waals surface area contributed by atoms with Crippen molar-refractivity contribution < 1.29 is 17.9 Å². The summed E-state index contributed by atoms with van der Waals surface area (Å²) < 4.78 is 30.5. The van der Waals surface area contributed by atoms with Crippen molar-refractivity contribution in [2.75, 3.05) is 31.7 Å². The van der Waals surface area contributed by atoms with Crippen molar-refractivity contribution in [3.63, 3.8) is 0 Å². The van der Waals surface area contributed by atoms with Crippen LogP contribution in [0.15, 0.2) is 16.5 Å². The second-order valence-electron chi connectivity index (χ2n) is 6.50. The van der Waals surface area contributed by atoms with Gasteiger partial charge in [0.15, 0.2) is 15.6 Å². The van der Waals surface area contributed by atoms with Crippen LogP contribution in [0.4, 0.5) is 0 Å². The van der Waals surface area contributed by atoms with Gasteiger partial charge in [0.1, 0.15) is 11.6 Å². The van der Waals surface area contributed by atoms with Gasteiger partial charge in [-0.1, -0.05) is 0 Å². The molecule has 2 aromatic rings. The van der Waals surface area contributed by atoms with E-state index >= 15 is 0 Å². The predicted molar refractivity (Wildman–Crippen MR) is 92.9 cm³/mol. The van der Waals surface area contributed by atoms with Crippen LogP contribution in [0, 0.1) is 6.92 Å². The Kier molecular flexibility index (Phi) is 5.26. The van der Waals surface area contributed by atoms with Gasteiger partial charge < -0.3 is 14.4 Å². The second-order valence-corrected chi connectivity index (χ2v) is 8.72. The highest BCUT2D eigenvalue weighted by atomic mass is 32.2. The molecular formula is C16H24N4O4S. The number of hydrogen-bond donors (Lipinski definition) is 1. The van der Waals surface area contributed by atoms with E-state index in [0.717, 1.165) is 11.6 Å². The lowest BCUT2D eigenvalue weighted by Crippen LogP contribution is -2.34. The quantitative estimate of drug-likeness (QED) is 0.759. The first-order valence-electron chi connectivity index (χ1n) is 8.40. The van der Waals surface area contributed by atoms with Crippen LogP contribution < -0.4 is 0 Å². The minimum absolute atomic E-state index is 0.0241. The first-order valence-corrected chi connectivity index (χ1v) is 10.2. The molecule has 0 bridgehead atoms. The van der Waals surface area contributed by atoms with Crippen molar-refractivity contribution in [2.24, 2.45) is 0 Å². The van der Waals surface area contributed by atoms with Crippen LogP contribution in [-0.2, 0) is 22.8 Å². The van der Waals surface area contributed by atoms with Crippen LogP contribution in [0.2, 0.25) is 0 Å². The van der Waals surface area contributed by atoms with Crippen LogP contribution in [-0.4, -0.2) is 70.9 Å². The van der Waals surface area contributed by atoms with E-state index in [1.54, 1.807) is 4.68 Å². The molecule has 138 valence electrons. The van der Waals surface area contributed by atoms with E-state index in [0.29, 0.717) is 37.5 Å². The molecule has 1 aliphatic rings. The Morgan fingerprint density at radius 1 is 1.44 bits per heavy atom. The summed E-state index contributed by atoms with van der Waals surface area (Å²) in [6, 6.07) is 3.75. The smallest absolute Gasteiger partial charge is 0.217 e. The predicted octanol–water partition coefficient (Wildman–Crippen LogP) is 0.500. The highest BCUT2D eigenvalue weighted by Gasteiger charge is 2.30. The van der Waals surface area contributed by atoms with Gasteiger partial charge in [-0.2, -0.15) is 0 Å². The average molecular weight is 368 g/mol. The summed E-state index contributed by atoms with van der Waals surface area (Å²) in [4.78, 5) is 6.61. The maximum Gasteiger partial charge on any atom is 0.217 e. The van der Waals surface area contributed by atoms with Crippen molar-refractivity contribution in [2.45, 2.75) is 32.4 Å². The van der Waals surface area contributed by atoms with Gasteiger partial charge in [0.25, 0.3) is 0 Å². The maximum atomic E-state index is 11.6. The monoisotopic (exact) mass is 368 g/mol. The molecular weight excluding hydrogens is 344 g/mol. The Morgan fingerprint density at radius 2 is 2.24 bits per heavy atom. The van der Waals surface area contributed by atoms with Crippen molar-refractivity contribution in [1.29, 1.82) is 0 Å². The molecule has 1 aliphatic heterocycles. The molecule has 0 saturated carbocycles. The average Bonchev–Trinajstić information content (AvgIpc) is 3.24. The number of sulfone groups is 1. The van der Waals surface area contributed by atoms with E-state index in [1.807, 2.05) is 26.1 Å². The van der Waals surface area contributed by atoms with Crippen LogP contribution in [0.5, 0.6) is 0 Å². The topological polar surface area (TPSA) is 101 Å². The standard InChI is InChI=1S/C16H24N4O4S/c1-12-3-4-14(24-12)16-17-15(20(18-16)8-9-21)5-7-19(2)13-6-10-25(22,23)11-13/h3-4,13,21H,5-11H2,1-2H3/t13-/m1/s1. The Labute approximate surface area is 147 Å².